The van der Waals surface area contributed by atoms with E-state index in [-0.39, 0.29) is 17.9 Å². The molecule has 1 aliphatic carbocycles. The molecule has 1 aliphatic rings. The molecule has 5 nitrogen and oxygen atoms in total. The molecule has 2 heterocycles. The number of hydrogen-bond donors (Lipinski definition) is 2. The summed E-state index contributed by atoms with van der Waals surface area (Å²) in [5, 5.41) is 6.61. The molecule has 3 N–H and O–H groups in total. The molecule has 22 heavy (non-hydrogen) atoms. The van der Waals surface area contributed by atoms with Crippen LogP contribution in [0.5, 0.6) is 0 Å². The van der Waals surface area contributed by atoms with Crippen LogP contribution in [0.4, 0.5) is 5.13 Å². The highest BCUT2D eigenvalue weighted by atomic mass is 32.1. The zero-order valence-electron chi connectivity index (χ0n) is 12.8. The molecule has 0 aliphatic heterocycles. The summed E-state index contributed by atoms with van der Waals surface area (Å²) in [6, 6.07) is 0.152. The van der Waals surface area contributed by atoms with Gasteiger partial charge in [-0.1, -0.05) is 6.42 Å². The van der Waals surface area contributed by atoms with Gasteiger partial charge < -0.3 is 11.1 Å². The molecule has 1 fully saturated rings. The number of nitrogens with two attached hydrogens (primary N) is 1. The Labute approximate surface area is 138 Å². The first kappa shape index (κ1) is 15.6. The van der Waals surface area contributed by atoms with E-state index in [9.17, 15) is 4.79 Å². The number of hydrogen-bond acceptors (Lipinski definition) is 6. The number of thiazole rings is 2. The van der Waals surface area contributed by atoms with Crippen molar-refractivity contribution in [1.29, 1.82) is 0 Å². The van der Waals surface area contributed by atoms with Gasteiger partial charge in [0.25, 0.3) is 0 Å². The van der Waals surface area contributed by atoms with Gasteiger partial charge in [-0.05, 0) is 33.1 Å². The number of anilines is 1. The van der Waals surface area contributed by atoms with Crippen molar-refractivity contribution in [1.82, 2.24) is 9.97 Å². The summed E-state index contributed by atoms with van der Waals surface area (Å²) < 4.78 is 0. The van der Waals surface area contributed by atoms with Crippen molar-refractivity contribution >= 4 is 33.7 Å². The number of nitrogens with zero attached hydrogens (tertiary/aromatic N) is 2. The second kappa shape index (κ2) is 6.44. The first-order valence-corrected chi connectivity index (χ1v) is 9.19. The van der Waals surface area contributed by atoms with Crippen LogP contribution in [0.25, 0.3) is 10.6 Å². The van der Waals surface area contributed by atoms with E-state index >= 15 is 0 Å². The van der Waals surface area contributed by atoms with E-state index in [0.717, 1.165) is 47.0 Å². The average Bonchev–Trinajstić information content (AvgIpc) is 3.05. The van der Waals surface area contributed by atoms with Crippen LogP contribution in [0, 0.1) is 19.8 Å². The van der Waals surface area contributed by atoms with Gasteiger partial charge in [-0.2, -0.15) is 0 Å². The molecule has 2 aromatic heterocycles. The highest BCUT2D eigenvalue weighted by Crippen LogP contribution is 2.32. The molecular weight excluding hydrogens is 316 g/mol. The van der Waals surface area contributed by atoms with Crippen molar-refractivity contribution < 1.29 is 4.79 Å². The molecule has 2 atom stereocenters. The van der Waals surface area contributed by atoms with E-state index in [1.165, 1.54) is 11.3 Å². The lowest BCUT2D eigenvalue weighted by molar-refractivity contribution is -0.120. The normalized spacial score (nSPS) is 21.8. The van der Waals surface area contributed by atoms with Crippen LogP contribution >= 0.6 is 22.7 Å². The third kappa shape index (κ3) is 3.37. The summed E-state index contributed by atoms with van der Waals surface area (Å²) in [5.41, 5.74) is 7.84. The Hall–Kier alpha value is -1.31. The third-order valence-electron chi connectivity index (χ3n) is 3.96. The van der Waals surface area contributed by atoms with E-state index in [1.807, 2.05) is 19.2 Å². The highest BCUT2D eigenvalue weighted by Gasteiger charge is 2.26. The van der Waals surface area contributed by atoms with Crippen LogP contribution in [0.15, 0.2) is 5.38 Å². The van der Waals surface area contributed by atoms with Crippen LogP contribution in [-0.2, 0) is 4.79 Å². The zero-order valence-corrected chi connectivity index (χ0v) is 14.4. The fraction of sp³-hybridized carbons (Fsp3) is 0.533. The summed E-state index contributed by atoms with van der Waals surface area (Å²) >= 11 is 3.09. The number of aryl methyl sites for hydroxylation is 2. The second-order valence-corrected chi connectivity index (χ2v) is 7.86. The molecular formula is C15H20N4OS2. The van der Waals surface area contributed by atoms with Gasteiger partial charge in [-0.25, -0.2) is 9.97 Å². The van der Waals surface area contributed by atoms with Crippen LogP contribution in [-0.4, -0.2) is 21.9 Å². The monoisotopic (exact) mass is 336 g/mol. The van der Waals surface area contributed by atoms with E-state index in [1.54, 1.807) is 11.3 Å². The summed E-state index contributed by atoms with van der Waals surface area (Å²) in [5.74, 6) is 0.0664. The van der Waals surface area contributed by atoms with Crippen LogP contribution in [0.2, 0.25) is 0 Å². The Morgan fingerprint density at radius 3 is 2.86 bits per heavy atom. The largest absolute Gasteiger partial charge is 0.328 e. The number of nitrogens with one attached hydrogen (secondary N) is 1. The van der Waals surface area contributed by atoms with Crippen LogP contribution in [0.3, 0.4) is 0 Å². The molecule has 0 radical (unpaired) electrons. The minimum atomic E-state index is 0.0171. The van der Waals surface area contributed by atoms with Crippen molar-refractivity contribution in [2.24, 2.45) is 11.7 Å². The van der Waals surface area contributed by atoms with Crippen molar-refractivity contribution in [3.8, 4) is 10.6 Å². The fourth-order valence-electron chi connectivity index (χ4n) is 2.88. The first-order valence-electron chi connectivity index (χ1n) is 7.49. The predicted octanol–water partition coefficient (Wildman–Crippen LogP) is 3.34. The van der Waals surface area contributed by atoms with Gasteiger partial charge in [0.15, 0.2) is 5.13 Å². The van der Waals surface area contributed by atoms with Gasteiger partial charge in [0.2, 0.25) is 5.91 Å². The minimum absolute atomic E-state index is 0.0171. The molecule has 1 amide bonds. The highest BCUT2D eigenvalue weighted by molar-refractivity contribution is 7.16. The van der Waals surface area contributed by atoms with Crippen molar-refractivity contribution in [3.05, 3.63) is 16.1 Å². The molecule has 3 rings (SSSR count). The van der Waals surface area contributed by atoms with E-state index in [4.69, 9.17) is 5.73 Å². The van der Waals surface area contributed by atoms with Gasteiger partial charge in [0.05, 0.1) is 21.3 Å². The predicted molar refractivity (Wildman–Crippen MR) is 91.3 cm³/mol. The molecule has 0 aromatic carbocycles. The summed E-state index contributed by atoms with van der Waals surface area (Å²) in [7, 11) is 0. The Kier molecular flexibility index (Phi) is 4.56. The number of carbonyl (C=O) groups is 1. The third-order valence-corrected chi connectivity index (χ3v) is 5.81. The molecule has 1 saturated carbocycles. The molecule has 0 bridgehead atoms. The topological polar surface area (TPSA) is 80.9 Å². The van der Waals surface area contributed by atoms with Crippen molar-refractivity contribution in [2.45, 2.75) is 45.6 Å². The molecule has 0 spiro atoms. The van der Waals surface area contributed by atoms with Gasteiger partial charge >= 0.3 is 0 Å². The Morgan fingerprint density at radius 1 is 1.36 bits per heavy atom. The standard InChI is InChI=1S/C15H20N4OS2/c1-8-13(22-9(2)17-8)12-7-21-15(18-12)19-14(20)10-4-3-5-11(16)6-10/h7,10-11H,3-6,16H2,1-2H3,(H,18,19,20). The Balaban J connectivity index is 1.69. The van der Waals surface area contributed by atoms with Gasteiger partial charge in [0, 0.05) is 17.3 Å². The maximum atomic E-state index is 12.3. The maximum absolute atomic E-state index is 12.3. The van der Waals surface area contributed by atoms with Gasteiger partial charge in [0.1, 0.15) is 0 Å². The van der Waals surface area contributed by atoms with Crippen LogP contribution < -0.4 is 11.1 Å². The van der Waals surface area contributed by atoms with Crippen LogP contribution in [0.1, 0.15) is 36.4 Å². The quantitative estimate of drug-likeness (QED) is 0.901. The van der Waals surface area contributed by atoms with Gasteiger partial charge in [-0.3, -0.25) is 4.79 Å². The summed E-state index contributed by atoms with van der Waals surface area (Å²) in [6.07, 6.45) is 3.75. The molecule has 2 aromatic rings. The maximum Gasteiger partial charge on any atom is 0.229 e. The minimum Gasteiger partial charge on any atom is -0.328 e. The number of carbonyl (C=O) groups excluding carboxylic acids is 1. The second-order valence-electron chi connectivity index (χ2n) is 5.80. The van der Waals surface area contributed by atoms with Crippen molar-refractivity contribution in [3.63, 3.8) is 0 Å². The SMILES string of the molecule is Cc1nc(C)c(-c2csc(NC(=O)C3CCCC(N)C3)n2)s1. The lowest BCUT2D eigenvalue weighted by Crippen LogP contribution is -2.34. The van der Waals surface area contributed by atoms with E-state index < -0.39 is 0 Å². The van der Waals surface area contributed by atoms with E-state index in [0.29, 0.717) is 5.13 Å². The average molecular weight is 336 g/mol. The lowest BCUT2D eigenvalue weighted by Gasteiger charge is -2.25. The number of amides is 1. The molecule has 0 saturated heterocycles. The zero-order chi connectivity index (χ0) is 15.7. The number of rotatable bonds is 3. The van der Waals surface area contributed by atoms with Crippen molar-refractivity contribution in [2.75, 3.05) is 5.32 Å². The Bertz CT molecular complexity index is 679. The molecule has 118 valence electrons. The number of aromatic nitrogens is 2. The first-order chi connectivity index (χ1) is 10.5. The molecule has 7 heteroatoms. The van der Waals surface area contributed by atoms with E-state index in [2.05, 4.69) is 15.3 Å². The summed E-state index contributed by atoms with van der Waals surface area (Å²) in [4.78, 5) is 22.4. The van der Waals surface area contributed by atoms with Gasteiger partial charge in [-0.15, -0.1) is 22.7 Å². The lowest BCUT2D eigenvalue weighted by atomic mass is 9.86. The molecule has 2 unspecified atom stereocenters. The smallest absolute Gasteiger partial charge is 0.229 e. The fourth-order valence-corrected chi connectivity index (χ4v) is 4.54. The summed E-state index contributed by atoms with van der Waals surface area (Å²) in [6.45, 7) is 3.97. The Morgan fingerprint density at radius 2 is 2.18 bits per heavy atom.